The molecule has 8 heteroatoms. The Morgan fingerprint density at radius 3 is 2.28 bits per heavy atom. The van der Waals surface area contributed by atoms with Gasteiger partial charge < -0.3 is 20.1 Å². The molecular weight excluding hydrogens is 432 g/mol. The Morgan fingerprint density at radius 1 is 0.938 bits per heavy atom. The Morgan fingerprint density at radius 2 is 1.62 bits per heavy atom. The number of amides is 2. The van der Waals surface area contributed by atoms with Crippen LogP contribution in [0.4, 0.5) is 5.69 Å². The summed E-state index contributed by atoms with van der Waals surface area (Å²) in [6.45, 7) is 7.38. The average molecular weight is 461 g/mol. The molecule has 0 saturated carbocycles. The van der Waals surface area contributed by atoms with Crippen LogP contribution >= 0.6 is 11.6 Å². The third-order valence-corrected chi connectivity index (χ3v) is 5.10. The van der Waals surface area contributed by atoms with Gasteiger partial charge in [-0.1, -0.05) is 29.3 Å². The molecule has 0 heterocycles. The van der Waals surface area contributed by atoms with E-state index in [9.17, 15) is 14.4 Å². The van der Waals surface area contributed by atoms with Crippen molar-refractivity contribution < 1.29 is 23.9 Å². The first-order valence-electron chi connectivity index (χ1n) is 10.3. The van der Waals surface area contributed by atoms with Crippen molar-refractivity contribution >= 4 is 35.1 Å². The van der Waals surface area contributed by atoms with E-state index in [4.69, 9.17) is 21.1 Å². The van der Waals surface area contributed by atoms with Gasteiger partial charge in [0.1, 0.15) is 5.75 Å². The van der Waals surface area contributed by atoms with Crippen molar-refractivity contribution in [3.8, 4) is 5.75 Å². The highest BCUT2D eigenvalue weighted by atomic mass is 35.5. The van der Waals surface area contributed by atoms with Gasteiger partial charge in [0.15, 0.2) is 6.61 Å². The Kier molecular flexibility index (Phi) is 9.53. The third-order valence-electron chi connectivity index (χ3n) is 4.68. The molecule has 0 aromatic heterocycles. The minimum atomic E-state index is -0.543. The number of benzene rings is 2. The highest BCUT2D eigenvalue weighted by Gasteiger charge is 2.12. The lowest BCUT2D eigenvalue weighted by Crippen LogP contribution is -2.35. The second kappa shape index (κ2) is 12.1. The second-order valence-electron chi connectivity index (χ2n) is 7.62. The maximum Gasteiger partial charge on any atom is 0.306 e. The molecule has 2 aromatic carbocycles. The number of esters is 1. The number of carbonyl (C=O) groups excluding carboxylic acids is 3. The standard InChI is InChI=1S/C24H29ClN2O5/c1-15-10-17(3)24(18(4)11-15)27-21(28)13-26-22(29)14-32-23(30)6-5-9-31-19-7-8-20(25)16(2)12-19/h7-8,10-12H,5-6,9,13-14H2,1-4H3,(H,26,29)(H,27,28). The fraction of sp³-hybridized carbons (Fsp3) is 0.375. The first kappa shape index (κ1) is 25.2. The summed E-state index contributed by atoms with van der Waals surface area (Å²) in [5, 5.41) is 5.90. The third kappa shape index (κ3) is 8.23. The number of hydrogen-bond acceptors (Lipinski definition) is 5. The molecule has 0 aliphatic carbocycles. The van der Waals surface area contributed by atoms with Crippen molar-refractivity contribution in [3.05, 3.63) is 57.6 Å². The van der Waals surface area contributed by atoms with Gasteiger partial charge in [0, 0.05) is 17.1 Å². The van der Waals surface area contributed by atoms with Crippen molar-refractivity contribution in [2.45, 2.75) is 40.5 Å². The van der Waals surface area contributed by atoms with Crippen LogP contribution in [-0.2, 0) is 19.1 Å². The molecule has 0 aliphatic rings. The van der Waals surface area contributed by atoms with Gasteiger partial charge in [-0.2, -0.15) is 0 Å². The van der Waals surface area contributed by atoms with E-state index in [0.29, 0.717) is 23.8 Å². The first-order chi connectivity index (χ1) is 15.2. The molecule has 0 bridgehead atoms. The van der Waals surface area contributed by atoms with E-state index in [2.05, 4.69) is 10.6 Å². The van der Waals surface area contributed by atoms with Gasteiger partial charge in [-0.15, -0.1) is 0 Å². The zero-order chi connectivity index (χ0) is 23.7. The SMILES string of the molecule is Cc1cc(C)c(NC(=O)CNC(=O)COC(=O)CCCOc2ccc(Cl)c(C)c2)c(C)c1. The maximum atomic E-state index is 12.1. The highest BCUT2D eigenvalue weighted by molar-refractivity contribution is 6.31. The predicted molar refractivity (Wildman–Crippen MR) is 124 cm³/mol. The van der Waals surface area contributed by atoms with Crippen molar-refractivity contribution in [2.75, 3.05) is 25.1 Å². The van der Waals surface area contributed by atoms with Crippen molar-refractivity contribution in [3.63, 3.8) is 0 Å². The number of rotatable bonds is 10. The quantitative estimate of drug-likeness (QED) is 0.412. The molecule has 2 aromatic rings. The van der Waals surface area contributed by atoms with E-state index < -0.39 is 18.5 Å². The molecule has 2 rings (SSSR count). The number of hydrogen-bond donors (Lipinski definition) is 2. The fourth-order valence-corrected chi connectivity index (χ4v) is 3.24. The monoisotopic (exact) mass is 460 g/mol. The lowest BCUT2D eigenvalue weighted by molar-refractivity contribution is -0.148. The first-order valence-corrected chi connectivity index (χ1v) is 10.7. The molecule has 0 aliphatic heterocycles. The molecule has 0 unspecified atom stereocenters. The molecule has 32 heavy (non-hydrogen) atoms. The molecule has 7 nitrogen and oxygen atoms in total. The van der Waals surface area contributed by atoms with Gasteiger partial charge in [0.05, 0.1) is 13.2 Å². The number of ether oxygens (including phenoxy) is 2. The van der Waals surface area contributed by atoms with Gasteiger partial charge in [-0.3, -0.25) is 14.4 Å². The summed E-state index contributed by atoms with van der Waals surface area (Å²) in [5.41, 5.74) is 4.65. The van der Waals surface area contributed by atoms with Gasteiger partial charge >= 0.3 is 5.97 Å². The summed E-state index contributed by atoms with van der Waals surface area (Å²) in [4.78, 5) is 35.8. The Labute approximate surface area is 193 Å². The molecule has 2 amide bonds. The number of aryl methyl sites for hydroxylation is 4. The van der Waals surface area contributed by atoms with Gasteiger partial charge in [-0.25, -0.2) is 0 Å². The van der Waals surface area contributed by atoms with Crippen molar-refractivity contribution in [1.29, 1.82) is 0 Å². The molecular formula is C24H29ClN2O5. The zero-order valence-electron chi connectivity index (χ0n) is 18.8. The van der Waals surface area contributed by atoms with E-state index >= 15 is 0 Å². The molecule has 0 saturated heterocycles. The van der Waals surface area contributed by atoms with Crippen LogP contribution in [0, 0.1) is 27.7 Å². The van der Waals surface area contributed by atoms with Crippen LogP contribution in [0.1, 0.15) is 35.1 Å². The average Bonchev–Trinajstić information content (AvgIpc) is 2.73. The molecule has 172 valence electrons. The lowest BCUT2D eigenvalue weighted by atomic mass is 10.1. The summed E-state index contributed by atoms with van der Waals surface area (Å²) < 4.78 is 10.5. The van der Waals surface area contributed by atoms with Crippen LogP contribution in [0.25, 0.3) is 0 Å². The minimum absolute atomic E-state index is 0.117. The molecule has 0 atom stereocenters. The number of halogens is 1. The normalized spacial score (nSPS) is 10.4. The Bertz CT molecular complexity index is 967. The van der Waals surface area contributed by atoms with E-state index in [1.54, 1.807) is 12.1 Å². The van der Waals surface area contributed by atoms with Crippen LogP contribution in [0.5, 0.6) is 5.75 Å². The van der Waals surface area contributed by atoms with Gasteiger partial charge in [0.25, 0.3) is 5.91 Å². The number of anilines is 1. The second-order valence-corrected chi connectivity index (χ2v) is 8.03. The summed E-state index contributed by atoms with van der Waals surface area (Å²) in [7, 11) is 0. The summed E-state index contributed by atoms with van der Waals surface area (Å²) in [6, 6.07) is 9.28. The topological polar surface area (TPSA) is 93.7 Å². The number of carbonyl (C=O) groups is 3. The maximum absolute atomic E-state index is 12.1. The summed E-state index contributed by atoms with van der Waals surface area (Å²) in [5.74, 6) is -0.728. The zero-order valence-corrected chi connectivity index (χ0v) is 19.6. The van der Waals surface area contributed by atoms with Crippen LogP contribution in [0.2, 0.25) is 5.02 Å². The summed E-state index contributed by atoms with van der Waals surface area (Å²) >= 11 is 5.97. The van der Waals surface area contributed by atoms with E-state index in [-0.39, 0.29) is 18.9 Å². The molecule has 0 fully saturated rings. The predicted octanol–water partition coefficient (Wildman–Crippen LogP) is 4.03. The van der Waals surface area contributed by atoms with Gasteiger partial charge in [0.2, 0.25) is 5.91 Å². The molecule has 0 spiro atoms. The summed E-state index contributed by atoms with van der Waals surface area (Å²) in [6.07, 6.45) is 0.562. The molecule has 0 radical (unpaired) electrons. The van der Waals surface area contributed by atoms with Crippen LogP contribution in [0.3, 0.4) is 0 Å². The van der Waals surface area contributed by atoms with Crippen LogP contribution < -0.4 is 15.4 Å². The fourth-order valence-electron chi connectivity index (χ4n) is 3.12. The van der Waals surface area contributed by atoms with Crippen molar-refractivity contribution in [2.24, 2.45) is 0 Å². The largest absolute Gasteiger partial charge is 0.494 e. The van der Waals surface area contributed by atoms with E-state index in [1.165, 1.54) is 0 Å². The molecule has 2 N–H and O–H groups in total. The van der Waals surface area contributed by atoms with Crippen LogP contribution in [0.15, 0.2) is 30.3 Å². The smallest absolute Gasteiger partial charge is 0.306 e. The minimum Gasteiger partial charge on any atom is -0.494 e. The van der Waals surface area contributed by atoms with E-state index in [0.717, 1.165) is 27.9 Å². The number of nitrogens with one attached hydrogen (secondary N) is 2. The Balaban J connectivity index is 1.62. The van der Waals surface area contributed by atoms with E-state index in [1.807, 2.05) is 45.9 Å². The van der Waals surface area contributed by atoms with Crippen LogP contribution in [-0.4, -0.2) is 37.5 Å². The highest BCUT2D eigenvalue weighted by Crippen LogP contribution is 2.22. The lowest BCUT2D eigenvalue weighted by Gasteiger charge is -2.13. The van der Waals surface area contributed by atoms with Gasteiger partial charge in [-0.05, 0) is 69.0 Å². The Hall–Kier alpha value is -3.06. The van der Waals surface area contributed by atoms with Crippen molar-refractivity contribution in [1.82, 2.24) is 5.32 Å².